The van der Waals surface area contributed by atoms with E-state index in [1.54, 1.807) is 43.3 Å². The molecule has 1 aliphatic rings. The molecule has 0 saturated carbocycles. The van der Waals surface area contributed by atoms with E-state index in [-0.39, 0.29) is 15.4 Å². The summed E-state index contributed by atoms with van der Waals surface area (Å²) < 4.78 is 26.4. The monoisotopic (exact) mass is 422 g/mol. The molecule has 154 valence electrons. The Labute approximate surface area is 174 Å². The fourth-order valence-corrected chi connectivity index (χ4v) is 5.60. The predicted octanol–water partition coefficient (Wildman–Crippen LogP) is 3.30. The fourth-order valence-electron chi connectivity index (χ4n) is 3.88. The summed E-state index contributed by atoms with van der Waals surface area (Å²) in [6.45, 7) is 3.78. The normalized spacial score (nSPS) is 16.4. The van der Waals surface area contributed by atoms with Crippen LogP contribution in [0.15, 0.2) is 69.2 Å². The number of sulfone groups is 1. The van der Waals surface area contributed by atoms with Gasteiger partial charge in [-0.25, -0.2) is 8.42 Å². The van der Waals surface area contributed by atoms with E-state index in [4.69, 9.17) is 0 Å². The van der Waals surface area contributed by atoms with E-state index in [2.05, 4.69) is 17.2 Å². The first kappa shape index (κ1) is 20.1. The number of H-pyrrole nitrogens is 1. The van der Waals surface area contributed by atoms with Crippen LogP contribution in [0.2, 0.25) is 0 Å². The van der Waals surface area contributed by atoms with Crippen molar-refractivity contribution < 1.29 is 13.2 Å². The van der Waals surface area contributed by atoms with Crippen LogP contribution in [-0.4, -0.2) is 19.3 Å². The summed E-state index contributed by atoms with van der Waals surface area (Å²) in [6, 6.07) is 14.4. The topological polar surface area (TPSA) is 96.1 Å². The second-order valence-electron chi connectivity index (χ2n) is 7.45. The summed E-state index contributed by atoms with van der Waals surface area (Å²) in [6.07, 6.45) is 1.71. The SMILES string of the molecule is CCCc1ccc2c(c1)C(NC(=O)c1ccc(C)[nH]c1=O)c1ccccc1S2(=O)=O. The molecule has 0 spiro atoms. The number of benzene rings is 2. The Bertz CT molecular complexity index is 1310. The predicted molar refractivity (Wildman–Crippen MR) is 113 cm³/mol. The Morgan fingerprint density at radius 1 is 1.03 bits per heavy atom. The van der Waals surface area contributed by atoms with Gasteiger partial charge < -0.3 is 10.3 Å². The zero-order valence-electron chi connectivity index (χ0n) is 16.7. The molecule has 3 aromatic rings. The van der Waals surface area contributed by atoms with E-state index in [1.165, 1.54) is 6.07 Å². The molecule has 2 aromatic carbocycles. The first-order valence-corrected chi connectivity index (χ1v) is 11.3. The van der Waals surface area contributed by atoms with Crippen molar-refractivity contribution in [2.45, 2.75) is 42.5 Å². The lowest BCUT2D eigenvalue weighted by atomic mass is 9.95. The zero-order valence-corrected chi connectivity index (χ0v) is 17.5. The van der Waals surface area contributed by atoms with Crippen molar-refractivity contribution in [3.8, 4) is 0 Å². The van der Waals surface area contributed by atoms with Crippen LogP contribution in [0.4, 0.5) is 0 Å². The first-order valence-electron chi connectivity index (χ1n) is 9.80. The maximum Gasteiger partial charge on any atom is 0.260 e. The number of aromatic nitrogens is 1. The third-order valence-electron chi connectivity index (χ3n) is 5.31. The Morgan fingerprint density at radius 2 is 1.77 bits per heavy atom. The third-order valence-corrected chi connectivity index (χ3v) is 7.21. The van der Waals surface area contributed by atoms with Gasteiger partial charge >= 0.3 is 0 Å². The lowest BCUT2D eigenvalue weighted by Gasteiger charge is -2.29. The van der Waals surface area contributed by atoms with Crippen molar-refractivity contribution in [3.63, 3.8) is 0 Å². The number of hydrogen-bond acceptors (Lipinski definition) is 4. The van der Waals surface area contributed by atoms with Gasteiger partial charge in [-0.05, 0) is 54.3 Å². The van der Waals surface area contributed by atoms with Gasteiger partial charge in [-0.15, -0.1) is 0 Å². The summed E-state index contributed by atoms with van der Waals surface area (Å²) in [7, 11) is -3.70. The standard InChI is InChI=1S/C23H22N2O4S/c1-3-6-15-10-12-20-18(13-15)21(16-7-4-5-8-19(16)30(20,28)29)25-23(27)17-11-9-14(2)24-22(17)26/h4-5,7-13,21H,3,6H2,1-2H3,(H,24,26)(H,25,27). The Morgan fingerprint density at radius 3 is 2.50 bits per heavy atom. The molecule has 1 aliphatic heterocycles. The number of pyridine rings is 1. The van der Waals surface area contributed by atoms with Crippen LogP contribution in [0.5, 0.6) is 0 Å². The molecule has 0 saturated heterocycles. The number of carbonyl (C=O) groups is 1. The smallest absolute Gasteiger partial charge is 0.260 e. The maximum atomic E-state index is 13.2. The van der Waals surface area contributed by atoms with E-state index in [9.17, 15) is 18.0 Å². The van der Waals surface area contributed by atoms with Crippen molar-refractivity contribution in [2.75, 3.05) is 0 Å². The van der Waals surface area contributed by atoms with Crippen molar-refractivity contribution in [1.82, 2.24) is 10.3 Å². The molecule has 2 heterocycles. The minimum Gasteiger partial charge on any atom is -0.341 e. The highest BCUT2D eigenvalue weighted by molar-refractivity contribution is 7.91. The van der Waals surface area contributed by atoms with Gasteiger partial charge in [0.05, 0.1) is 15.8 Å². The lowest BCUT2D eigenvalue weighted by molar-refractivity contribution is 0.0940. The number of hydrogen-bond donors (Lipinski definition) is 2. The van der Waals surface area contributed by atoms with Gasteiger partial charge in [0.2, 0.25) is 9.84 Å². The van der Waals surface area contributed by atoms with Crippen molar-refractivity contribution >= 4 is 15.7 Å². The molecule has 0 aliphatic carbocycles. The number of aromatic amines is 1. The number of nitrogens with one attached hydrogen (secondary N) is 2. The molecule has 0 bridgehead atoms. The fraction of sp³-hybridized carbons (Fsp3) is 0.217. The first-order chi connectivity index (χ1) is 14.3. The van der Waals surface area contributed by atoms with Gasteiger partial charge in [-0.2, -0.15) is 0 Å². The highest BCUT2D eigenvalue weighted by Crippen LogP contribution is 2.41. The van der Waals surface area contributed by atoms with E-state index in [0.717, 1.165) is 18.4 Å². The third kappa shape index (κ3) is 3.35. The van der Waals surface area contributed by atoms with Gasteiger partial charge in [-0.1, -0.05) is 43.7 Å². The second-order valence-corrected chi connectivity index (χ2v) is 9.34. The highest BCUT2D eigenvalue weighted by Gasteiger charge is 2.36. The summed E-state index contributed by atoms with van der Waals surface area (Å²) in [5.41, 5.74) is 2.17. The van der Waals surface area contributed by atoms with E-state index >= 15 is 0 Å². The number of carbonyl (C=O) groups excluding carboxylic acids is 1. The minimum absolute atomic E-state index is 0.0159. The Hall–Kier alpha value is -3.19. The van der Waals surface area contributed by atoms with E-state index in [0.29, 0.717) is 16.8 Å². The number of fused-ring (bicyclic) bond motifs is 2. The quantitative estimate of drug-likeness (QED) is 0.674. The second kappa shape index (κ2) is 7.57. The van der Waals surface area contributed by atoms with E-state index in [1.807, 2.05) is 12.1 Å². The minimum atomic E-state index is -3.70. The van der Waals surface area contributed by atoms with Crippen LogP contribution < -0.4 is 10.9 Å². The van der Waals surface area contributed by atoms with Crippen LogP contribution in [0.25, 0.3) is 0 Å². The molecule has 30 heavy (non-hydrogen) atoms. The summed E-state index contributed by atoms with van der Waals surface area (Å²) in [5.74, 6) is -0.554. The molecule has 1 amide bonds. The Balaban J connectivity index is 1.86. The van der Waals surface area contributed by atoms with Gasteiger partial charge in [0.25, 0.3) is 11.5 Å². The largest absolute Gasteiger partial charge is 0.341 e. The van der Waals surface area contributed by atoms with Crippen molar-refractivity contribution in [2.24, 2.45) is 0 Å². The molecule has 1 aromatic heterocycles. The number of amides is 1. The van der Waals surface area contributed by atoms with Gasteiger partial charge in [0.1, 0.15) is 5.56 Å². The summed E-state index contributed by atoms with van der Waals surface area (Å²) in [4.78, 5) is 28.2. The van der Waals surface area contributed by atoms with Crippen LogP contribution in [0.3, 0.4) is 0 Å². The van der Waals surface area contributed by atoms with Gasteiger partial charge in [0, 0.05) is 5.69 Å². The molecule has 2 N–H and O–H groups in total. The van der Waals surface area contributed by atoms with Crippen molar-refractivity contribution in [3.05, 3.63) is 92.9 Å². The Kier molecular flexibility index (Phi) is 5.07. The number of rotatable bonds is 4. The van der Waals surface area contributed by atoms with Crippen LogP contribution >= 0.6 is 0 Å². The molecular formula is C23H22N2O4S. The van der Waals surface area contributed by atoms with Crippen molar-refractivity contribution in [1.29, 1.82) is 0 Å². The van der Waals surface area contributed by atoms with Crippen LogP contribution in [0.1, 0.15) is 52.1 Å². The molecule has 0 radical (unpaired) electrons. The highest BCUT2D eigenvalue weighted by atomic mass is 32.2. The molecule has 1 atom stereocenters. The average molecular weight is 423 g/mol. The van der Waals surface area contributed by atoms with Crippen LogP contribution in [0, 0.1) is 6.92 Å². The molecular weight excluding hydrogens is 400 g/mol. The molecule has 1 unspecified atom stereocenters. The summed E-state index contributed by atoms with van der Waals surface area (Å²) in [5, 5.41) is 2.89. The van der Waals surface area contributed by atoms with Crippen LogP contribution in [-0.2, 0) is 16.3 Å². The average Bonchev–Trinajstić information content (AvgIpc) is 2.71. The van der Waals surface area contributed by atoms with E-state index < -0.39 is 27.3 Å². The zero-order chi connectivity index (χ0) is 21.5. The van der Waals surface area contributed by atoms with Gasteiger partial charge in [0.15, 0.2) is 0 Å². The summed E-state index contributed by atoms with van der Waals surface area (Å²) >= 11 is 0. The molecule has 4 rings (SSSR count). The maximum absolute atomic E-state index is 13.2. The van der Waals surface area contributed by atoms with Gasteiger partial charge in [-0.3, -0.25) is 9.59 Å². The number of aryl methyl sites for hydroxylation is 2. The molecule has 6 nitrogen and oxygen atoms in total. The lowest BCUT2D eigenvalue weighted by Crippen LogP contribution is -2.36. The molecule has 7 heteroatoms. The molecule has 0 fully saturated rings.